The van der Waals surface area contributed by atoms with Crippen LogP contribution in [0.1, 0.15) is 37.6 Å². The second-order valence-electron chi connectivity index (χ2n) is 5.78. The first-order chi connectivity index (χ1) is 8.47. The molecule has 0 bridgehead atoms. The Morgan fingerprint density at radius 1 is 1.61 bits per heavy atom. The molecule has 18 heavy (non-hydrogen) atoms. The number of aromatic nitrogens is 2. The van der Waals surface area contributed by atoms with E-state index in [2.05, 4.69) is 31.2 Å². The lowest BCUT2D eigenvalue weighted by Crippen LogP contribution is -2.29. The highest BCUT2D eigenvalue weighted by Crippen LogP contribution is 2.14. The summed E-state index contributed by atoms with van der Waals surface area (Å²) in [6.45, 7) is 8.40. The van der Waals surface area contributed by atoms with Crippen molar-refractivity contribution in [1.29, 1.82) is 0 Å². The number of carbonyl (C=O) groups excluding carboxylic acids is 1. The molecule has 1 unspecified atom stereocenters. The number of amides is 1. The molecule has 0 radical (unpaired) electrons. The molecule has 2 heterocycles. The van der Waals surface area contributed by atoms with E-state index in [1.165, 1.54) is 0 Å². The number of hydrogen-bond donors (Lipinski definition) is 1. The van der Waals surface area contributed by atoms with Gasteiger partial charge in [0.25, 0.3) is 5.91 Å². The van der Waals surface area contributed by atoms with Crippen LogP contribution in [0.15, 0.2) is 12.4 Å². The van der Waals surface area contributed by atoms with Crippen LogP contribution in [-0.4, -0.2) is 35.4 Å². The van der Waals surface area contributed by atoms with Crippen LogP contribution in [0.5, 0.6) is 0 Å². The Morgan fingerprint density at radius 3 is 2.94 bits per heavy atom. The Morgan fingerprint density at radius 2 is 2.39 bits per heavy atom. The molecule has 0 aromatic carbocycles. The first kappa shape index (κ1) is 13.1. The zero-order chi connectivity index (χ0) is 13.2. The summed E-state index contributed by atoms with van der Waals surface area (Å²) in [5.74, 6) is 0.393. The van der Waals surface area contributed by atoms with E-state index in [0.29, 0.717) is 18.0 Å². The number of nitrogens with one attached hydrogen (secondary N) is 1. The van der Waals surface area contributed by atoms with Gasteiger partial charge in [0.15, 0.2) is 0 Å². The second kappa shape index (κ2) is 5.10. The number of hydrogen-bond acceptors (Lipinski definition) is 3. The molecule has 1 amide bonds. The minimum Gasteiger partial charge on any atom is -0.381 e. The summed E-state index contributed by atoms with van der Waals surface area (Å²) in [6, 6.07) is 0. The van der Waals surface area contributed by atoms with Crippen LogP contribution >= 0.6 is 0 Å². The van der Waals surface area contributed by atoms with E-state index in [0.717, 1.165) is 19.6 Å². The van der Waals surface area contributed by atoms with Crippen LogP contribution in [0.3, 0.4) is 0 Å². The fraction of sp³-hybridized carbons (Fsp3) is 0.692. The Bertz CT molecular complexity index is 414. The minimum absolute atomic E-state index is 0.0580. The smallest absolute Gasteiger partial charge is 0.254 e. The maximum atomic E-state index is 11.9. The summed E-state index contributed by atoms with van der Waals surface area (Å²) in [7, 11) is 0. The standard InChI is InChI=1S/C13H21N3O2/c1-13(2,3)16-8-11(7-15-16)12(17)14-6-10-4-5-18-9-10/h7-8,10H,4-6,9H2,1-3H3,(H,14,17). The van der Waals surface area contributed by atoms with Gasteiger partial charge in [-0.3, -0.25) is 9.48 Å². The van der Waals surface area contributed by atoms with Gasteiger partial charge in [-0.1, -0.05) is 0 Å². The number of carbonyl (C=O) groups is 1. The summed E-state index contributed by atoms with van der Waals surface area (Å²) in [5.41, 5.74) is 0.515. The van der Waals surface area contributed by atoms with E-state index in [-0.39, 0.29) is 11.4 Å². The highest BCUT2D eigenvalue weighted by Gasteiger charge is 2.19. The molecular formula is C13H21N3O2. The van der Waals surface area contributed by atoms with Gasteiger partial charge in [-0.15, -0.1) is 0 Å². The molecule has 5 nitrogen and oxygen atoms in total. The molecule has 1 N–H and O–H groups in total. The quantitative estimate of drug-likeness (QED) is 0.883. The van der Waals surface area contributed by atoms with Gasteiger partial charge >= 0.3 is 0 Å². The Kier molecular flexibility index (Phi) is 3.71. The molecule has 1 aromatic rings. The summed E-state index contributed by atoms with van der Waals surface area (Å²) >= 11 is 0. The SMILES string of the molecule is CC(C)(C)n1cc(C(=O)NCC2CCOC2)cn1. The topological polar surface area (TPSA) is 56.2 Å². The van der Waals surface area contributed by atoms with Crippen molar-refractivity contribution in [2.24, 2.45) is 5.92 Å². The second-order valence-corrected chi connectivity index (χ2v) is 5.78. The Labute approximate surface area is 108 Å². The van der Waals surface area contributed by atoms with E-state index in [1.54, 1.807) is 17.1 Å². The molecule has 1 fully saturated rings. The van der Waals surface area contributed by atoms with Crippen molar-refractivity contribution in [3.63, 3.8) is 0 Å². The van der Waals surface area contributed by atoms with E-state index in [4.69, 9.17) is 4.74 Å². The first-order valence-corrected chi connectivity index (χ1v) is 6.38. The average molecular weight is 251 g/mol. The molecule has 2 rings (SSSR count). The highest BCUT2D eigenvalue weighted by atomic mass is 16.5. The third-order valence-electron chi connectivity index (χ3n) is 3.11. The molecule has 1 aliphatic heterocycles. The van der Waals surface area contributed by atoms with Crippen molar-refractivity contribution in [2.75, 3.05) is 19.8 Å². The van der Waals surface area contributed by atoms with Gasteiger partial charge in [-0.25, -0.2) is 0 Å². The molecule has 5 heteroatoms. The van der Waals surface area contributed by atoms with Gasteiger partial charge in [0.2, 0.25) is 0 Å². The summed E-state index contributed by atoms with van der Waals surface area (Å²) in [4.78, 5) is 11.9. The molecule has 0 aliphatic carbocycles. The lowest BCUT2D eigenvalue weighted by atomic mass is 10.1. The zero-order valence-corrected chi connectivity index (χ0v) is 11.3. The molecule has 0 saturated carbocycles. The van der Waals surface area contributed by atoms with Crippen molar-refractivity contribution in [3.05, 3.63) is 18.0 Å². The van der Waals surface area contributed by atoms with Crippen molar-refractivity contribution < 1.29 is 9.53 Å². The lowest BCUT2D eigenvalue weighted by molar-refractivity contribution is 0.0945. The fourth-order valence-electron chi connectivity index (χ4n) is 1.89. The third-order valence-corrected chi connectivity index (χ3v) is 3.11. The highest BCUT2D eigenvalue weighted by molar-refractivity contribution is 5.93. The molecule has 100 valence electrons. The van der Waals surface area contributed by atoms with Gasteiger partial charge in [0.05, 0.1) is 23.9 Å². The predicted molar refractivity (Wildman–Crippen MR) is 68.5 cm³/mol. The maximum Gasteiger partial charge on any atom is 0.254 e. The van der Waals surface area contributed by atoms with Crippen LogP contribution in [-0.2, 0) is 10.3 Å². The first-order valence-electron chi connectivity index (χ1n) is 6.38. The number of ether oxygens (including phenoxy) is 1. The monoisotopic (exact) mass is 251 g/mol. The Balaban J connectivity index is 1.90. The van der Waals surface area contributed by atoms with Gasteiger partial charge in [-0.05, 0) is 27.2 Å². The average Bonchev–Trinajstić information content (AvgIpc) is 2.96. The van der Waals surface area contributed by atoms with Gasteiger partial charge < -0.3 is 10.1 Å². The van der Waals surface area contributed by atoms with E-state index < -0.39 is 0 Å². The summed E-state index contributed by atoms with van der Waals surface area (Å²) in [6.07, 6.45) is 4.44. The van der Waals surface area contributed by atoms with Crippen molar-refractivity contribution >= 4 is 5.91 Å². The molecular weight excluding hydrogens is 230 g/mol. The van der Waals surface area contributed by atoms with Gasteiger partial charge in [0.1, 0.15) is 0 Å². The summed E-state index contributed by atoms with van der Waals surface area (Å²) in [5, 5.41) is 7.15. The minimum atomic E-state index is -0.0994. The number of nitrogens with zero attached hydrogens (tertiary/aromatic N) is 2. The van der Waals surface area contributed by atoms with E-state index in [1.807, 2.05) is 0 Å². The molecule has 1 atom stereocenters. The summed E-state index contributed by atoms with van der Waals surface area (Å²) < 4.78 is 7.08. The molecule has 1 saturated heterocycles. The number of rotatable bonds is 3. The zero-order valence-electron chi connectivity index (χ0n) is 11.3. The predicted octanol–water partition coefficient (Wildman–Crippen LogP) is 1.40. The van der Waals surface area contributed by atoms with Crippen LogP contribution < -0.4 is 5.32 Å². The molecule has 0 spiro atoms. The van der Waals surface area contributed by atoms with Crippen LogP contribution in [0.4, 0.5) is 0 Å². The fourth-order valence-corrected chi connectivity index (χ4v) is 1.89. The van der Waals surface area contributed by atoms with Gasteiger partial charge in [-0.2, -0.15) is 5.10 Å². The third kappa shape index (κ3) is 3.10. The van der Waals surface area contributed by atoms with Crippen LogP contribution in [0.25, 0.3) is 0 Å². The van der Waals surface area contributed by atoms with Crippen molar-refractivity contribution in [3.8, 4) is 0 Å². The lowest BCUT2D eigenvalue weighted by Gasteiger charge is -2.18. The van der Waals surface area contributed by atoms with E-state index >= 15 is 0 Å². The molecule has 1 aromatic heterocycles. The molecule has 1 aliphatic rings. The maximum absolute atomic E-state index is 11.9. The largest absolute Gasteiger partial charge is 0.381 e. The van der Waals surface area contributed by atoms with Crippen LogP contribution in [0, 0.1) is 5.92 Å². The van der Waals surface area contributed by atoms with Crippen LogP contribution in [0.2, 0.25) is 0 Å². The Hall–Kier alpha value is -1.36. The van der Waals surface area contributed by atoms with E-state index in [9.17, 15) is 4.79 Å². The normalized spacial score (nSPS) is 20.1. The van der Waals surface area contributed by atoms with Crippen molar-refractivity contribution in [1.82, 2.24) is 15.1 Å². The van der Waals surface area contributed by atoms with Gasteiger partial charge in [0, 0.05) is 25.3 Å². The van der Waals surface area contributed by atoms with Crippen molar-refractivity contribution in [2.45, 2.75) is 32.7 Å².